The molecule has 122 valence electrons. The average molecular weight is 340 g/mol. The molecule has 24 heavy (non-hydrogen) atoms. The van der Waals surface area contributed by atoms with Crippen LogP contribution in [0.25, 0.3) is 0 Å². The summed E-state index contributed by atoms with van der Waals surface area (Å²) >= 11 is 0. The Morgan fingerprint density at radius 1 is 0.875 bits per heavy atom. The van der Waals surface area contributed by atoms with Crippen molar-refractivity contribution in [3.63, 3.8) is 0 Å². The third kappa shape index (κ3) is 3.91. The lowest BCUT2D eigenvalue weighted by atomic mass is 10.2. The van der Waals surface area contributed by atoms with Crippen molar-refractivity contribution >= 4 is 15.8 Å². The molecule has 0 aliphatic carbocycles. The fraction of sp³-hybridized carbons (Fsp3) is 0.0556. The minimum Gasteiger partial charge on any atom is -0.485 e. The third-order valence-corrected chi connectivity index (χ3v) is 4.65. The fourth-order valence-corrected chi connectivity index (χ4v) is 3.15. The summed E-state index contributed by atoms with van der Waals surface area (Å²) in [6.45, 7) is 0.326. The molecule has 1 N–H and O–H groups in total. The van der Waals surface area contributed by atoms with Crippen LogP contribution in [-0.4, -0.2) is 13.4 Å². The van der Waals surface area contributed by atoms with Crippen LogP contribution in [0, 0.1) is 0 Å². The summed E-state index contributed by atoms with van der Waals surface area (Å²) in [6, 6.07) is 21.1. The van der Waals surface area contributed by atoms with Crippen LogP contribution < -0.4 is 9.46 Å². The van der Waals surface area contributed by atoms with E-state index in [0.29, 0.717) is 12.4 Å². The maximum absolute atomic E-state index is 12.4. The lowest BCUT2D eigenvalue weighted by Gasteiger charge is -2.12. The van der Waals surface area contributed by atoms with Crippen LogP contribution in [0.5, 0.6) is 5.75 Å². The van der Waals surface area contributed by atoms with Crippen molar-refractivity contribution < 1.29 is 13.2 Å². The van der Waals surface area contributed by atoms with Gasteiger partial charge in [0.05, 0.1) is 4.90 Å². The molecule has 0 saturated heterocycles. The normalized spacial score (nSPS) is 11.0. The molecule has 3 rings (SSSR count). The Morgan fingerprint density at radius 3 is 2.25 bits per heavy atom. The highest BCUT2D eigenvalue weighted by atomic mass is 32.2. The van der Waals surface area contributed by atoms with Gasteiger partial charge in [0.25, 0.3) is 10.0 Å². The summed E-state index contributed by atoms with van der Waals surface area (Å²) in [7, 11) is -3.71. The topological polar surface area (TPSA) is 68.3 Å². The highest BCUT2D eigenvalue weighted by Crippen LogP contribution is 2.25. The molecular weight excluding hydrogens is 324 g/mol. The molecule has 0 atom stereocenters. The number of sulfonamides is 1. The van der Waals surface area contributed by atoms with Crippen molar-refractivity contribution in [1.82, 2.24) is 4.98 Å². The molecule has 6 heteroatoms. The van der Waals surface area contributed by atoms with Gasteiger partial charge in [-0.25, -0.2) is 13.4 Å². The van der Waals surface area contributed by atoms with Gasteiger partial charge in [-0.15, -0.1) is 0 Å². The summed E-state index contributed by atoms with van der Waals surface area (Å²) in [6.07, 6.45) is 1.51. The van der Waals surface area contributed by atoms with Gasteiger partial charge in [-0.3, -0.25) is 4.72 Å². The van der Waals surface area contributed by atoms with Gasteiger partial charge in [-0.2, -0.15) is 0 Å². The summed E-state index contributed by atoms with van der Waals surface area (Å²) in [5.41, 5.74) is 0.984. The Morgan fingerprint density at radius 2 is 1.54 bits per heavy atom. The molecule has 0 amide bonds. The molecule has 3 aromatic rings. The summed E-state index contributed by atoms with van der Waals surface area (Å²) < 4.78 is 33.0. The molecule has 0 saturated carbocycles. The number of rotatable bonds is 6. The second kappa shape index (κ2) is 7.14. The molecule has 1 aromatic heterocycles. The number of anilines is 1. The maximum atomic E-state index is 12.4. The molecule has 0 aliphatic rings. The van der Waals surface area contributed by atoms with Crippen LogP contribution in [0.15, 0.2) is 83.9 Å². The summed E-state index contributed by atoms with van der Waals surface area (Å²) in [5, 5.41) is 0. The van der Waals surface area contributed by atoms with E-state index in [1.807, 2.05) is 30.3 Å². The first-order valence-corrected chi connectivity index (χ1v) is 8.83. The van der Waals surface area contributed by atoms with Gasteiger partial charge in [-0.05, 0) is 29.8 Å². The number of ether oxygens (including phenoxy) is 1. The van der Waals surface area contributed by atoms with Crippen molar-refractivity contribution in [3.8, 4) is 5.75 Å². The van der Waals surface area contributed by atoms with E-state index in [0.717, 1.165) is 5.56 Å². The van der Waals surface area contributed by atoms with Gasteiger partial charge in [0, 0.05) is 6.20 Å². The minimum atomic E-state index is -3.71. The number of hydrogen-bond acceptors (Lipinski definition) is 4. The molecular formula is C18H16N2O3S. The monoisotopic (exact) mass is 340 g/mol. The molecule has 2 aromatic carbocycles. The van der Waals surface area contributed by atoms with Crippen molar-refractivity contribution in [1.29, 1.82) is 0 Å². The Balaban J connectivity index is 1.79. The molecule has 0 radical (unpaired) electrons. The standard InChI is InChI=1S/C18H16N2O3S/c21-24(22,16-10-5-2-6-11-16)20-18-17(12-7-13-19-18)23-14-15-8-3-1-4-9-15/h1-13H,14H2,(H,19,20). The second-order valence-corrected chi connectivity index (χ2v) is 6.73. The highest BCUT2D eigenvalue weighted by molar-refractivity contribution is 7.92. The molecule has 1 heterocycles. The minimum absolute atomic E-state index is 0.164. The van der Waals surface area contributed by atoms with Crippen molar-refractivity contribution in [2.24, 2.45) is 0 Å². The molecule has 0 bridgehead atoms. The molecule has 0 fully saturated rings. The number of nitrogens with zero attached hydrogens (tertiary/aromatic N) is 1. The van der Waals surface area contributed by atoms with Crippen molar-refractivity contribution in [3.05, 3.63) is 84.6 Å². The molecule has 0 spiro atoms. The number of benzene rings is 2. The van der Waals surface area contributed by atoms with E-state index in [9.17, 15) is 8.42 Å². The molecule has 5 nitrogen and oxygen atoms in total. The van der Waals surface area contributed by atoms with Crippen molar-refractivity contribution in [2.45, 2.75) is 11.5 Å². The van der Waals surface area contributed by atoms with Crippen LogP contribution in [0.4, 0.5) is 5.82 Å². The third-order valence-electron chi connectivity index (χ3n) is 3.29. The van der Waals surface area contributed by atoms with Crippen molar-refractivity contribution in [2.75, 3.05) is 4.72 Å². The Labute approximate surface area is 141 Å². The van der Waals surface area contributed by atoms with E-state index < -0.39 is 10.0 Å². The summed E-state index contributed by atoms with van der Waals surface area (Å²) in [4.78, 5) is 4.26. The Kier molecular flexibility index (Phi) is 4.77. The van der Waals surface area contributed by atoms with Crippen LogP contribution in [0.3, 0.4) is 0 Å². The van der Waals surface area contributed by atoms with E-state index in [-0.39, 0.29) is 10.7 Å². The van der Waals surface area contributed by atoms with Gasteiger partial charge in [0.2, 0.25) is 0 Å². The predicted octanol–water partition coefficient (Wildman–Crippen LogP) is 3.46. The number of pyridine rings is 1. The lowest BCUT2D eigenvalue weighted by Crippen LogP contribution is -2.14. The lowest BCUT2D eigenvalue weighted by molar-refractivity contribution is 0.307. The fourth-order valence-electron chi connectivity index (χ4n) is 2.10. The van der Waals surface area contributed by atoms with Gasteiger partial charge in [0.1, 0.15) is 6.61 Å². The maximum Gasteiger partial charge on any atom is 0.263 e. The number of aromatic nitrogens is 1. The summed E-state index contributed by atoms with van der Waals surface area (Å²) in [5.74, 6) is 0.540. The quantitative estimate of drug-likeness (QED) is 0.746. The van der Waals surface area contributed by atoms with E-state index in [1.165, 1.54) is 18.3 Å². The smallest absolute Gasteiger partial charge is 0.263 e. The van der Waals surface area contributed by atoms with Gasteiger partial charge in [-0.1, -0.05) is 48.5 Å². The van der Waals surface area contributed by atoms with E-state index in [4.69, 9.17) is 4.74 Å². The van der Waals surface area contributed by atoms with Gasteiger partial charge >= 0.3 is 0 Å². The Hall–Kier alpha value is -2.86. The van der Waals surface area contributed by atoms with Crippen LogP contribution in [0.1, 0.15) is 5.56 Å². The number of nitrogens with one attached hydrogen (secondary N) is 1. The van der Waals surface area contributed by atoms with E-state index >= 15 is 0 Å². The van der Waals surface area contributed by atoms with Gasteiger partial charge < -0.3 is 4.74 Å². The first-order chi connectivity index (χ1) is 11.6. The van der Waals surface area contributed by atoms with Crippen LogP contribution >= 0.6 is 0 Å². The number of hydrogen-bond donors (Lipinski definition) is 1. The van der Waals surface area contributed by atoms with Crippen LogP contribution in [0.2, 0.25) is 0 Å². The van der Waals surface area contributed by atoms with E-state index in [2.05, 4.69) is 9.71 Å². The molecule has 0 unspecified atom stereocenters. The second-order valence-electron chi connectivity index (χ2n) is 5.04. The Bertz CT molecular complexity index is 898. The highest BCUT2D eigenvalue weighted by Gasteiger charge is 2.17. The van der Waals surface area contributed by atoms with Gasteiger partial charge in [0.15, 0.2) is 11.6 Å². The van der Waals surface area contributed by atoms with Crippen LogP contribution in [-0.2, 0) is 16.6 Å². The van der Waals surface area contributed by atoms with E-state index in [1.54, 1.807) is 30.3 Å². The zero-order valence-electron chi connectivity index (χ0n) is 12.8. The predicted molar refractivity (Wildman–Crippen MR) is 92.3 cm³/mol. The molecule has 0 aliphatic heterocycles. The largest absolute Gasteiger partial charge is 0.485 e. The zero-order valence-corrected chi connectivity index (χ0v) is 13.6. The SMILES string of the molecule is O=S(=O)(Nc1ncccc1OCc1ccccc1)c1ccccc1. The first-order valence-electron chi connectivity index (χ1n) is 7.35. The average Bonchev–Trinajstić information content (AvgIpc) is 2.62. The first kappa shape index (κ1) is 16.0. The zero-order chi connectivity index (χ0) is 16.8.